The van der Waals surface area contributed by atoms with E-state index in [2.05, 4.69) is 0 Å². The maximum atomic E-state index is 12.4. The largest absolute Gasteiger partial charge is 0.416 e. The number of aromatic nitrogens is 1. The van der Waals surface area contributed by atoms with Crippen LogP contribution in [0.25, 0.3) is 0 Å². The van der Waals surface area contributed by atoms with Crippen LogP contribution in [0.2, 0.25) is 0 Å². The number of pyridine rings is 1. The van der Waals surface area contributed by atoms with Crippen LogP contribution in [-0.2, 0) is 12.7 Å². The number of hydrogen-bond donors (Lipinski definition) is 1. The highest BCUT2D eigenvalue weighted by Crippen LogP contribution is 2.29. The molecule has 1 unspecified atom stereocenters. The molecule has 0 radical (unpaired) electrons. The quantitative estimate of drug-likeness (QED) is 0.940. The van der Waals surface area contributed by atoms with E-state index in [4.69, 9.17) is 5.73 Å². The highest BCUT2D eigenvalue weighted by atomic mass is 19.4. The van der Waals surface area contributed by atoms with Gasteiger partial charge in [-0.1, -0.05) is 12.1 Å². The van der Waals surface area contributed by atoms with Crippen molar-refractivity contribution in [3.63, 3.8) is 0 Å². The molecule has 0 saturated heterocycles. The number of benzene rings is 1. The summed E-state index contributed by atoms with van der Waals surface area (Å²) in [5.74, 6) is 0. The Morgan fingerprint density at radius 3 is 2.10 bits per heavy atom. The third-order valence-corrected chi connectivity index (χ3v) is 2.93. The maximum absolute atomic E-state index is 12.4. The SMILES string of the molecule is NC(Cn1ccc(=O)cc1)c1ccc(C(F)(F)F)cc1. The van der Waals surface area contributed by atoms with Gasteiger partial charge in [0, 0.05) is 37.1 Å². The Bertz CT molecular complexity index is 612. The molecule has 2 aromatic rings. The molecular weight excluding hydrogens is 269 g/mol. The van der Waals surface area contributed by atoms with E-state index < -0.39 is 17.8 Å². The van der Waals surface area contributed by atoms with Crippen molar-refractivity contribution in [3.05, 3.63) is 70.1 Å². The van der Waals surface area contributed by atoms with Crippen LogP contribution in [0.3, 0.4) is 0 Å². The standard InChI is InChI=1S/C14H13F3N2O/c15-14(16,17)11-3-1-10(2-4-11)13(18)9-19-7-5-12(20)6-8-19/h1-8,13H,9,18H2. The Hall–Kier alpha value is -2.08. The second kappa shape index (κ2) is 5.50. The maximum Gasteiger partial charge on any atom is 0.416 e. The third-order valence-electron chi connectivity index (χ3n) is 2.93. The van der Waals surface area contributed by atoms with Gasteiger partial charge in [0.1, 0.15) is 0 Å². The summed E-state index contributed by atoms with van der Waals surface area (Å²) in [4.78, 5) is 11.0. The molecule has 0 aliphatic heterocycles. The normalized spacial score (nSPS) is 13.2. The van der Waals surface area contributed by atoms with Gasteiger partial charge < -0.3 is 10.3 Å². The van der Waals surface area contributed by atoms with Crippen LogP contribution in [0.1, 0.15) is 17.2 Å². The summed E-state index contributed by atoms with van der Waals surface area (Å²) in [5, 5.41) is 0. The number of alkyl halides is 3. The number of halogens is 3. The molecule has 2 N–H and O–H groups in total. The second-order valence-electron chi connectivity index (χ2n) is 4.46. The van der Waals surface area contributed by atoms with Gasteiger partial charge in [0.15, 0.2) is 5.43 Å². The minimum absolute atomic E-state index is 0.107. The van der Waals surface area contributed by atoms with Crippen LogP contribution in [0.4, 0.5) is 13.2 Å². The lowest BCUT2D eigenvalue weighted by Gasteiger charge is -2.15. The van der Waals surface area contributed by atoms with Crippen molar-refractivity contribution in [2.45, 2.75) is 18.8 Å². The number of nitrogens with two attached hydrogens (primary N) is 1. The van der Waals surface area contributed by atoms with Crippen molar-refractivity contribution in [1.82, 2.24) is 4.57 Å². The molecule has 1 aromatic heterocycles. The van der Waals surface area contributed by atoms with Crippen LogP contribution in [0.15, 0.2) is 53.6 Å². The Morgan fingerprint density at radius 2 is 1.60 bits per heavy atom. The van der Waals surface area contributed by atoms with Crippen LogP contribution < -0.4 is 11.2 Å². The van der Waals surface area contributed by atoms with E-state index in [0.717, 1.165) is 12.1 Å². The summed E-state index contributed by atoms with van der Waals surface area (Å²) < 4.78 is 39.0. The molecule has 6 heteroatoms. The van der Waals surface area contributed by atoms with Crippen molar-refractivity contribution in [1.29, 1.82) is 0 Å². The molecule has 0 aliphatic carbocycles. The summed E-state index contributed by atoms with van der Waals surface area (Å²) in [7, 11) is 0. The lowest BCUT2D eigenvalue weighted by Crippen LogP contribution is -2.18. The van der Waals surface area contributed by atoms with Gasteiger partial charge >= 0.3 is 6.18 Å². The minimum Gasteiger partial charge on any atom is -0.352 e. The van der Waals surface area contributed by atoms with Gasteiger partial charge in [-0.3, -0.25) is 4.79 Å². The molecule has 0 bridgehead atoms. The van der Waals surface area contributed by atoms with Crippen molar-refractivity contribution in [3.8, 4) is 0 Å². The minimum atomic E-state index is -4.35. The van der Waals surface area contributed by atoms with Gasteiger partial charge in [-0.15, -0.1) is 0 Å². The molecule has 1 heterocycles. The lowest BCUT2D eigenvalue weighted by molar-refractivity contribution is -0.137. The molecule has 1 aromatic carbocycles. The summed E-state index contributed by atoms with van der Waals surface area (Å²) in [6.07, 6.45) is -1.17. The van der Waals surface area contributed by atoms with Crippen molar-refractivity contribution < 1.29 is 13.2 Å². The first kappa shape index (κ1) is 14.3. The van der Waals surface area contributed by atoms with Gasteiger partial charge in [-0.2, -0.15) is 13.2 Å². The zero-order chi connectivity index (χ0) is 14.8. The van der Waals surface area contributed by atoms with E-state index in [-0.39, 0.29) is 5.43 Å². The van der Waals surface area contributed by atoms with E-state index in [9.17, 15) is 18.0 Å². The molecule has 0 amide bonds. The Morgan fingerprint density at radius 1 is 1.05 bits per heavy atom. The highest BCUT2D eigenvalue weighted by Gasteiger charge is 2.30. The van der Waals surface area contributed by atoms with E-state index >= 15 is 0 Å². The van der Waals surface area contributed by atoms with Gasteiger partial charge in [0.25, 0.3) is 0 Å². The summed E-state index contributed by atoms with van der Waals surface area (Å²) in [5.41, 5.74) is 5.75. The lowest BCUT2D eigenvalue weighted by atomic mass is 10.1. The van der Waals surface area contributed by atoms with Gasteiger partial charge in [0.05, 0.1) is 5.56 Å². The first-order chi connectivity index (χ1) is 9.36. The summed E-state index contributed by atoms with van der Waals surface area (Å²) in [6.45, 7) is 0.381. The molecule has 1 atom stereocenters. The Labute approximate surface area is 113 Å². The molecular formula is C14H13F3N2O. The zero-order valence-electron chi connectivity index (χ0n) is 10.5. The van der Waals surface area contributed by atoms with Crippen LogP contribution in [-0.4, -0.2) is 4.57 Å². The monoisotopic (exact) mass is 282 g/mol. The fourth-order valence-electron chi connectivity index (χ4n) is 1.82. The predicted octanol–water partition coefficient (Wildman–Crippen LogP) is 2.57. The van der Waals surface area contributed by atoms with E-state index in [1.165, 1.54) is 24.3 Å². The van der Waals surface area contributed by atoms with E-state index in [1.54, 1.807) is 17.0 Å². The molecule has 0 fully saturated rings. The Kier molecular flexibility index (Phi) is 3.94. The molecule has 3 nitrogen and oxygen atoms in total. The van der Waals surface area contributed by atoms with Crippen LogP contribution in [0.5, 0.6) is 0 Å². The summed E-state index contributed by atoms with van der Waals surface area (Å²) >= 11 is 0. The second-order valence-corrected chi connectivity index (χ2v) is 4.46. The third kappa shape index (κ3) is 3.48. The van der Waals surface area contributed by atoms with Gasteiger partial charge in [0.2, 0.25) is 0 Å². The molecule has 106 valence electrons. The van der Waals surface area contributed by atoms with Gasteiger partial charge in [-0.25, -0.2) is 0 Å². The molecule has 0 spiro atoms. The number of nitrogens with zero attached hydrogens (tertiary/aromatic N) is 1. The molecule has 0 aliphatic rings. The fourth-order valence-corrected chi connectivity index (χ4v) is 1.82. The van der Waals surface area contributed by atoms with Crippen molar-refractivity contribution >= 4 is 0 Å². The first-order valence-corrected chi connectivity index (χ1v) is 5.95. The number of rotatable bonds is 3. The molecule has 20 heavy (non-hydrogen) atoms. The van der Waals surface area contributed by atoms with E-state index in [1.807, 2.05) is 0 Å². The smallest absolute Gasteiger partial charge is 0.352 e. The van der Waals surface area contributed by atoms with E-state index in [0.29, 0.717) is 12.1 Å². The first-order valence-electron chi connectivity index (χ1n) is 5.95. The Balaban J connectivity index is 2.11. The zero-order valence-corrected chi connectivity index (χ0v) is 10.5. The average molecular weight is 282 g/mol. The fraction of sp³-hybridized carbons (Fsp3) is 0.214. The number of hydrogen-bond acceptors (Lipinski definition) is 2. The average Bonchev–Trinajstić information content (AvgIpc) is 2.40. The van der Waals surface area contributed by atoms with Crippen molar-refractivity contribution in [2.24, 2.45) is 5.73 Å². The summed E-state index contributed by atoms with van der Waals surface area (Å²) in [6, 6.07) is 7.13. The van der Waals surface area contributed by atoms with Crippen LogP contribution in [0, 0.1) is 0 Å². The highest BCUT2D eigenvalue weighted by molar-refractivity contribution is 5.26. The topological polar surface area (TPSA) is 48.0 Å². The van der Waals surface area contributed by atoms with Gasteiger partial charge in [-0.05, 0) is 17.7 Å². The molecule has 0 saturated carbocycles. The predicted molar refractivity (Wildman–Crippen MR) is 69.1 cm³/mol. The molecule has 2 rings (SSSR count). The van der Waals surface area contributed by atoms with Crippen molar-refractivity contribution in [2.75, 3.05) is 0 Å². The van der Waals surface area contributed by atoms with Crippen LogP contribution >= 0.6 is 0 Å².